The van der Waals surface area contributed by atoms with Crippen LogP contribution in [0.4, 0.5) is 18.9 Å². The molecule has 0 aliphatic carbocycles. The molecule has 0 unspecified atom stereocenters. The molecule has 0 bridgehead atoms. The first kappa shape index (κ1) is 30.1. The van der Waals surface area contributed by atoms with Gasteiger partial charge in [-0.1, -0.05) is 31.2 Å². The molecule has 216 valence electrons. The molecule has 1 atom stereocenters. The summed E-state index contributed by atoms with van der Waals surface area (Å²) in [5.41, 5.74) is 2.21. The number of halogens is 3. The summed E-state index contributed by atoms with van der Waals surface area (Å²) in [5.74, 6) is -0.359. The number of benzene rings is 3. The third-order valence-corrected chi connectivity index (χ3v) is 8.93. The number of piperazine rings is 1. The summed E-state index contributed by atoms with van der Waals surface area (Å²) in [6, 6.07) is 20.1. The van der Waals surface area contributed by atoms with Gasteiger partial charge in [0.15, 0.2) is 9.84 Å². The van der Waals surface area contributed by atoms with Gasteiger partial charge >= 0.3 is 6.18 Å². The van der Waals surface area contributed by atoms with E-state index < -0.39 is 27.6 Å². The topological polar surface area (TPSA) is 93.5 Å². The minimum absolute atomic E-state index is 0.0148. The van der Waals surface area contributed by atoms with Gasteiger partial charge in [0.1, 0.15) is 0 Å². The van der Waals surface area contributed by atoms with Gasteiger partial charge in [-0.2, -0.15) is 18.4 Å². The molecule has 0 spiro atoms. The van der Waals surface area contributed by atoms with Crippen LogP contribution >= 0.6 is 0 Å². The van der Waals surface area contributed by atoms with E-state index in [0.29, 0.717) is 17.7 Å². The SMILES string of the molecule is CCS(=O)(=O)c1ccc([C@H](CC#N)NC(=O)c2ccc(N3CCN(Cc4ccc(C(F)(F)F)cc4)CC3)cc2)cc1. The number of nitrogens with one attached hydrogen (secondary N) is 1. The lowest BCUT2D eigenvalue weighted by Crippen LogP contribution is -2.46. The van der Waals surface area contributed by atoms with Gasteiger partial charge in [-0.05, 0) is 59.7 Å². The van der Waals surface area contributed by atoms with Crippen molar-refractivity contribution < 1.29 is 26.4 Å². The lowest BCUT2D eigenvalue weighted by molar-refractivity contribution is -0.137. The van der Waals surface area contributed by atoms with Crippen LogP contribution in [0.2, 0.25) is 0 Å². The number of carbonyl (C=O) groups is 1. The molecule has 1 amide bonds. The lowest BCUT2D eigenvalue weighted by Gasteiger charge is -2.36. The number of amides is 1. The van der Waals surface area contributed by atoms with Crippen molar-refractivity contribution in [3.63, 3.8) is 0 Å². The minimum atomic E-state index is -4.34. The number of carbonyl (C=O) groups excluding carboxylic acids is 1. The Morgan fingerprint density at radius 1 is 0.951 bits per heavy atom. The highest BCUT2D eigenvalue weighted by Crippen LogP contribution is 2.29. The van der Waals surface area contributed by atoms with Gasteiger partial charge in [0, 0.05) is 44.0 Å². The summed E-state index contributed by atoms with van der Waals surface area (Å²) in [6.45, 7) is 5.11. The van der Waals surface area contributed by atoms with Crippen LogP contribution in [-0.4, -0.2) is 51.2 Å². The quantitative estimate of drug-likeness (QED) is 0.372. The summed E-state index contributed by atoms with van der Waals surface area (Å²) in [4.78, 5) is 17.5. The first-order valence-corrected chi connectivity index (χ1v) is 14.9. The van der Waals surface area contributed by atoms with Crippen LogP contribution in [0.1, 0.15) is 46.4 Å². The number of alkyl halides is 3. The number of nitriles is 1. The molecule has 7 nitrogen and oxygen atoms in total. The number of anilines is 1. The largest absolute Gasteiger partial charge is 0.416 e. The van der Waals surface area contributed by atoms with Crippen molar-refractivity contribution in [1.29, 1.82) is 5.26 Å². The molecule has 0 aromatic heterocycles. The fourth-order valence-corrected chi connectivity index (χ4v) is 5.59. The first-order valence-electron chi connectivity index (χ1n) is 13.2. The summed E-state index contributed by atoms with van der Waals surface area (Å²) < 4.78 is 62.6. The molecule has 1 N–H and O–H groups in total. The van der Waals surface area contributed by atoms with Crippen molar-refractivity contribution in [3.05, 3.63) is 95.1 Å². The van der Waals surface area contributed by atoms with Gasteiger partial charge in [-0.25, -0.2) is 8.42 Å². The van der Waals surface area contributed by atoms with Crippen molar-refractivity contribution in [3.8, 4) is 6.07 Å². The fraction of sp³-hybridized carbons (Fsp3) is 0.333. The Morgan fingerprint density at radius 2 is 1.56 bits per heavy atom. The number of sulfone groups is 1. The molecule has 1 aliphatic heterocycles. The predicted octanol–water partition coefficient (Wildman–Crippen LogP) is 5.21. The van der Waals surface area contributed by atoms with E-state index in [1.54, 1.807) is 31.2 Å². The minimum Gasteiger partial charge on any atom is -0.369 e. The van der Waals surface area contributed by atoms with E-state index in [9.17, 15) is 31.6 Å². The normalized spacial score (nSPS) is 15.2. The van der Waals surface area contributed by atoms with E-state index in [1.165, 1.54) is 24.3 Å². The number of rotatable bonds is 9. The second-order valence-electron chi connectivity index (χ2n) is 9.87. The lowest BCUT2D eigenvalue weighted by atomic mass is 10.0. The molecule has 0 radical (unpaired) electrons. The average molecular weight is 585 g/mol. The van der Waals surface area contributed by atoms with E-state index in [4.69, 9.17) is 0 Å². The Hall–Kier alpha value is -3.88. The van der Waals surface area contributed by atoms with E-state index in [2.05, 4.69) is 21.2 Å². The van der Waals surface area contributed by atoms with Crippen molar-refractivity contribution >= 4 is 21.4 Å². The zero-order chi connectivity index (χ0) is 29.6. The number of nitrogens with zero attached hydrogens (tertiary/aromatic N) is 3. The van der Waals surface area contributed by atoms with Crippen LogP contribution in [0.15, 0.2) is 77.7 Å². The summed E-state index contributed by atoms with van der Waals surface area (Å²) >= 11 is 0. The van der Waals surface area contributed by atoms with Crippen molar-refractivity contribution in [2.24, 2.45) is 0 Å². The van der Waals surface area contributed by atoms with E-state index in [-0.39, 0.29) is 23.0 Å². The molecular formula is C30H31F3N4O3S. The van der Waals surface area contributed by atoms with Crippen LogP contribution in [0.5, 0.6) is 0 Å². The van der Waals surface area contributed by atoms with E-state index in [0.717, 1.165) is 49.6 Å². The van der Waals surface area contributed by atoms with Crippen LogP contribution in [-0.2, 0) is 22.6 Å². The molecule has 4 rings (SSSR count). The second-order valence-corrected chi connectivity index (χ2v) is 12.1. The van der Waals surface area contributed by atoms with Crippen LogP contribution in [0, 0.1) is 11.3 Å². The third-order valence-electron chi connectivity index (χ3n) is 7.18. The maximum atomic E-state index is 13.0. The van der Waals surface area contributed by atoms with Gasteiger partial charge in [-0.15, -0.1) is 0 Å². The highest BCUT2D eigenvalue weighted by molar-refractivity contribution is 7.91. The average Bonchev–Trinajstić information content (AvgIpc) is 2.97. The molecular weight excluding hydrogens is 553 g/mol. The van der Waals surface area contributed by atoms with Gasteiger partial charge in [-0.3, -0.25) is 9.69 Å². The Labute approximate surface area is 238 Å². The predicted molar refractivity (Wildman–Crippen MR) is 150 cm³/mol. The Bertz CT molecular complexity index is 1480. The highest BCUT2D eigenvalue weighted by atomic mass is 32.2. The summed E-state index contributed by atoms with van der Waals surface area (Å²) in [5, 5.41) is 12.1. The zero-order valence-electron chi connectivity index (χ0n) is 22.6. The van der Waals surface area contributed by atoms with Crippen molar-refractivity contribution in [2.75, 3.05) is 36.8 Å². The van der Waals surface area contributed by atoms with E-state index >= 15 is 0 Å². The Balaban J connectivity index is 1.32. The Morgan fingerprint density at radius 3 is 2.10 bits per heavy atom. The standard InChI is InChI=1S/C30H31F3N4O3S/c1-2-41(39,40)27-13-7-23(8-14-27)28(15-16-34)35-29(38)24-5-11-26(12-6-24)37-19-17-36(18-20-37)21-22-3-9-25(10-4-22)30(31,32)33/h3-14,28H,2,15,17-21H2,1H3,(H,35,38)/t28-/m0/s1. The number of hydrogen-bond donors (Lipinski definition) is 1. The maximum absolute atomic E-state index is 13.0. The highest BCUT2D eigenvalue weighted by Gasteiger charge is 2.30. The molecule has 11 heteroatoms. The van der Waals surface area contributed by atoms with Gasteiger partial charge < -0.3 is 10.2 Å². The second kappa shape index (κ2) is 12.7. The van der Waals surface area contributed by atoms with Gasteiger partial charge in [0.05, 0.1) is 34.7 Å². The molecule has 41 heavy (non-hydrogen) atoms. The van der Waals surface area contributed by atoms with Gasteiger partial charge in [0.25, 0.3) is 5.91 Å². The summed E-state index contributed by atoms with van der Waals surface area (Å²) in [6.07, 6.45) is -4.31. The van der Waals surface area contributed by atoms with Crippen molar-refractivity contribution in [1.82, 2.24) is 10.2 Å². The Kier molecular flexibility index (Phi) is 9.35. The van der Waals surface area contributed by atoms with Crippen LogP contribution in [0.25, 0.3) is 0 Å². The molecule has 3 aromatic carbocycles. The zero-order valence-corrected chi connectivity index (χ0v) is 23.4. The van der Waals surface area contributed by atoms with Crippen LogP contribution in [0.3, 0.4) is 0 Å². The fourth-order valence-electron chi connectivity index (χ4n) is 4.70. The molecule has 0 saturated carbocycles. The van der Waals surface area contributed by atoms with Crippen molar-refractivity contribution in [2.45, 2.75) is 37.0 Å². The van der Waals surface area contributed by atoms with Crippen LogP contribution < -0.4 is 10.2 Å². The smallest absolute Gasteiger partial charge is 0.369 e. The maximum Gasteiger partial charge on any atom is 0.416 e. The number of hydrogen-bond acceptors (Lipinski definition) is 6. The molecule has 1 aliphatic rings. The van der Waals surface area contributed by atoms with Gasteiger partial charge in [0.2, 0.25) is 0 Å². The van der Waals surface area contributed by atoms with E-state index in [1.807, 2.05) is 12.1 Å². The summed E-state index contributed by atoms with van der Waals surface area (Å²) in [7, 11) is -3.35. The molecule has 1 heterocycles. The first-order chi connectivity index (χ1) is 19.5. The molecule has 3 aromatic rings. The molecule has 1 fully saturated rings. The third kappa shape index (κ3) is 7.65. The monoisotopic (exact) mass is 584 g/mol. The molecule has 1 saturated heterocycles.